The van der Waals surface area contributed by atoms with E-state index in [1.165, 1.54) is 17.0 Å². The van der Waals surface area contributed by atoms with Gasteiger partial charge in [0.2, 0.25) is 0 Å². The highest BCUT2D eigenvalue weighted by Crippen LogP contribution is 2.29. The first kappa shape index (κ1) is 25.0. The molecule has 2 heterocycles. The summed E-state index contributed by atoms with van der Waals surface area (Å²) in [6.45, 7) is 9.75. The van der Waals surface area contributed by atoms with E-state index >= 15 is 0 Å². The molecule has 4 rings (SSSR count). The van der Waals surface area contributed by atoms with E-state index in [0.717, 1.165) is 28.2 Å². The lowest BCUT2D eigenvalue weighted by molar-refractivity contribution is -0.384. The Balaban J connectivity index is 1.73. The van der Waals surface area contributed by atoms with Crippen LogP contribution < -0.4 is 10.2 Å². The summed E-state index contributed by atoms with van der Waals surface area (Å²) in [5.41, 5.74) is 5.54. The van der Waals surface area contributed by atoms with E-state index < -0.39 is 16.7 Å². The Morgan fingerprint density at radius 3 is 2.28 bits per heavy atom. The summed E-state index contributed by atoms with van der Waals surface area (Å²) < 4.78 is 1.95. The van der Waals surface area contributed by atoms with Crippen molar-refractivity contribution in [3.63, 3.8) is 0 Å². The van der Waals surface area contributed by atoms with Crippen LogP contribution >= 0.6 is 12.2 Å². The molecular weight excluding hydrogens is 476 g/mol. The zero-order valence-electron chi connectivity index (χ0n) is 20.7. The molecule has 0 saturated carbocycles. The van der Waals surface area contributed by atoms with Crippen LogP contribution in [-0.4, -0.2) is 26.4 Å². The number of nitrogens with one attached hydrogen (secondary N) is 1. The third-order valence-electron chi connectivity index (χ3n) is 6.32. The summed E-state index contributed by atoms with van der Waals surface area (Å²) in [5, 5.41) is 13.8. The topological polar surface area (TPSA) is 97.5 Å². The molecule has 8 nitrogen and oxygen atoms in total. The van der Waals surface area contributed by atoms with Gasteiger partial charge in [-0.15, -0.1) is 0 Å². The summed E-state index contributed by atoms with van der Waals surface area (Å²) in [5.74, 6) is -0.721. The van der Waals surface area contributed by atoms with Crippen LogP contribution in [-0.2, 0) is 9.59 Å². The van der Waals surface area contributed by atoms with Gasteiger partial charge in [-0.2, -0.15) is 0 Å². The van der Waals surface area contributed by atoms with Crippen LogP contribution in [0.1, 0.15) is 47.8 Å². The number of nitrogens with zero attached hydrogens (tertiary/aromatic N) is 3. The molecule has 36 heavy (non-hydrogen) atoms. The Morgan fingerprint density at radius 2 is 1.69 bits per heavy atom. The smallest absolute Gasteiger partial charge is 0.270 e. The van der Waals surface area contributed by atoms with Crippen LogP contribution in [0.25, 0.3) is 11.8 Å². The van der Waals surface area contributed by atoms with Gasteiger partial charge in [-0.1, -0.05) is 26.0 Å². The molecule has 0 bridgehead atoms. The second-order valence-corrected chi connectivity index (χ2v) is 9.48. The van der Waals surface area contributed by atoms with Crippen LogP contribution in [0, 0.1) is 30.9 Å². The average Bonchev–Trinajstić information content (AvgIpc) is 3.09. The SMILES string of the molecule is Cc1cc([N+](=O)[O-])ccc1-n1c(C)cc(/C=C2\C(=O)NC(=S)N(c3ccc(C(C)C)cc3)C2=O)c1C. The maximum absolute atomic E-state index is 13.4. The fourth-order valence-corrected chi connectivity index (χ4v) is 4.65. The highest BCUT2D eigenvalue weighted by Gasteiger charge is 2.34. The van der Waals surface area contributed by atoms with Gasteiger partial charge in [-0.25, -0.2) is 0 Å². The second-order valence-electron chi connectivity index (χ2n) is 9.09. The van der Waals surface area contributed by atoms with Crippen molar-refractivity contribution in [2.75, 3.05) is 4.90 Å². The molecule has 1 aliphatic heterocycles. The lowest BCUT2D eigenvalue weighted by atomic mass is 10.0. The molecule has 0 radical (unpaired) electrons. The van der Waals surface area contributed by atoms with Crippen LogP contribution in [0.5, 0.6) is 0 Å². The van der Waals surface area contributed by atoms with Gasteiger partial charge in [0.25, 0.3) is 17.5 Å². The zero-order chi connectivity index (χ0) is 26.3. The molecular formula is C27H26N4O4S. The van der Waals surface area contributed by atoms with Crippen LogP contribution in [0.2, 0.25) is 0 Å². The zero-order valence-corrected chi connectivity index (χ0v) is 21.5. The minimum atomic E-state index is -0.559. The van der Waals surface area contributed by atoms with Crippen molar-refractivity contribution in [3.05, 3.63) is 92.3 Å². The minimum absolute atomic E-state index is 0.0167. The summed E-state index contributed by atoms with van der Waals surface area (Å²) in [6.07, 6.45) is 1.56. The van der Waals surface area contributed by atoms with Gasteiger partial charge in [-0.05, 0) is 85.9 Å². The van der Waals surface area contributed by atoms with Crippen molar-refractivity contribution in [1.29, 1.82) is 0 Å². The van der Waals surface area contributed by atoms with E-state index in [4.69, 9.17) is 12.2 Å². The Hall–Kier alpha value is -4.11. The van der Waals surface area contributed by atoms with Crippen molar-refractivity contribution in [1.82, 2.24) is 9.88 Å². The molecule has 9 heteroatoms. The Morgan fingerprint density at radius 1 is 1.03 bits per heavy atom. The van der Waals surface area contributed by atoms with E-state index in [9.17, 15) is 19.7 Å². The summed E-state index contributed by atoms with van der Waals surface area (Å²) in [4.78, 5) is 38.2. The number of carbonyl (C=O) groups excluding carboxylic acids is 2. The summed E-state index contributed by atoms with van der Waals surface area (Å²) in [6, 6.07) is 14.1. The number of benzene rings is 2. The highest BCUT2D eigenvalue weighted by molar-refractivity contribution is 7.80. The molecule has 2 amide bonds. The Bertz CT molecular complexity index is 1450. The molecule has 1 N–H and O–H groups in total. The fourth-order valence-electron chi connectivity index (χ4n) is 4.36. The maximum Gasteiger partial charge on any atom is 0.270 e. The molecule has 1 aromatic heterocycles. The molecule has 1 saturated heterocycles. The summed E-state index contributed by atoms with van der Waals surface area (Å²) >= 11 is 5.32. The number of hydrogen-bond acceptors (Lipinski definition) is 5. The highest BCUT2D eigenvalue weighted by atomic mass is 32.1. The predicted molar refractivity (Wildman–Crippen MR) is 143 cm³/mol. The lowest BCUT2D eigenvalue weighted by Crippen LogP contribution is -2.54. The van der Waals surface area contributed by atoms with Gasteiger partial charge in [0, 0.05) is 29.2 Å². The lowest BCUT2D eigenvalue weighted by Gasteiger charge is -2.29. The molecule has 0 unspecified atom stereocenters. The number of rotatable bonds is 5. The van der Waals surface area contributed by atoms with Crippen LogP contribution in [0.3, 0.4) is 0 Å². The normalized spacial score (nSPS) is 15.1. The first-order chi connectivity index (χ1) is 17.0. The van der Waals surface area contributed by atoms with E-state index in [1.807, 2.05) is 48.7 Å². The van der Waals surface area contributed by atoms with Crippen molar-refractivity contribution < 1.29 is 14.5 Å². The molecule has 0 spiro atoms. The van der Waals surface area contributed by atoms with Gasteiger partial charge in [0.15, 0.2) is 5.11 Å². The summed E-state index contributed by atoms with van der Waals surface area (Å²) in [7, 11) is 0. The predicted octanol–water partition coefficient (Wildman–Crippen LogP) is 5.27. The number of aromatic nitrogens is 1. The number of non-ortho nitro benzene ring substituents is 1. The van der Waals surface area contributed by atoms with E-state index in [1.54, 1.807) is 19.1 Å². The number of thiocarbonyl (C=S) groups is 1. The Kier molecular flexibility index (Phi) is 6.60. The quantitative estimate of drug-likeness (QED) is 0.169. The van der Waals surface area contributed by atoms with E-state index in [0.29, 0.717) is 17.2 Å². The molecule has 2 aromatic carbocycles. The first-order valence-corrected chi connectivity index (χ1v) is 11.9. The number of carbonyl (C=O) groups is 2. The standard InChI is InChI=1S/C27H26N4O4S/c1-15(2)19-6-8-21(9-7-19)30-26(33)23(25(32)28-27(30)36)14-20-13-17(4)29(18(20)5)24-11-10-22(31(34)35)12-16(24)3/h6-15H,1-5H3,(H,28,32,36)/b23-14+. The largest absolute Gasteiger partial charge is 0.318 e. The third kappa shape index (κ3) is 4.45. The van der Waals surface area contributed by atoms with Crippen molar-refractivity contribution in [3.8, 4) is 5.69 Å². The first-order valence-electron chi connectivity index (χ1n) is 11.5. The molecule has 0 aliphatic carbocycles. The number of hydrogen-bond donors (Lipinski definition) is 1. The monoisotopic (exact) mass is 502 g/mol. The molecule has 1 fully saturated rings. The number of nitro benzene ring substituents is 1. The second kappa shape index (κ2) is 9.50. The number of amides is 2. The van der Waals surface area contributed by atoms with Gasteiger partial charge < -0.3 is 4.57 Å². The van der Waals surface area contributed by atoms with Crippen molar-refractivity contribution in [2.24, 2.45) is 0 Å². The number of aryl methyl sites for hydroxylation is 2. The Labute approximate surface area is 214 Å². The van der Waals surface area contributed by atoms with Crippen molar-refractivity contribution >= 4 is 46.6 Å². The fraction of sp³-hybridized carbons (Fsp3) is 0.222. The third-order valence-corrected chi connectivity index (χ3v) is 6.61. The van der Waals surface area contributed by atoms with Gasteiger partial charge in [-0.3, -0.25) is 29.9 Å². The molecule has 3 aromatic rings. The van der Waals surface area contributed by atoms with Crippen LogP contribution in [0.15, 0.2) is 54.1 Å². The van der Waals surface area contributed by atoms with Gasteiger partial charge >= 0.3 is 0 Å². The molecule has 184 valence electrons. The van der Waals surface area contributed by atoms with Gasteiger partial charge in [0.1, 0.15) is 5.57 Å². The number of anilines is 1. The average molecular weight is 503 g/mol. The minimum Gasteiger partial charge on any atom is -0.318 e. The van der Waals surface area contributed by atoms with E-state index in [2.05, 4.69) is 19.2 Å². The van der Waals surface area contributed by atoms with E-state index in [-0.39, 0.29) is 16.4 Å². The molecule has 0 atom stereocenters. The van der Waals surface area contributed by atoms with Crippen LogP contribution in [0.4, 0.5) is 11.4 Å². The van der Waals surface area contributed by atoms with Crippen molar-refractivity contribution in [2.45, 2.75) is 40.5 Å². The maximum atomic E-state index is 13.4. The number of nitro groups is 1. The van der Waals surface area contributed by atoms with Gasteiger partial charge in [0.05, 0.1) is 10.6 Å². The molecule has 1 aliphatic rings.